The zero-order valence-corrected chi connectivity index (χ0v) is 12.6. The van der Waals surface area contributed by atoms with Crippen molar-refractivity contribution < 1.29 is 27.1 Å². The zero-order chi connectivity index (χ0) is 16.8. The number of alkyl halides is 3. The molecule has 1 heterocycles. The van der Waals surface area contributed by atoms with Gasteiger partial charge in [-0.15, -0.1) is 6.42 Å². The first-order chi connectivity index (χ1) is 10.1. The summed E-state index contributed by atoms with van der Waals surface area (Å²) in [6.45, 7) is 3.69. The maximum absolute atomic E-state index is 13.1. The minimum atomic E-state index is -4.45. The van der Waals surface area contributed by atoms with Crippen LogP contribution in [0.4, 0.5) is 13.2 Å². The van der Waals surface area contributed by atoms with Crippen molar-refractivity contribution in [1.29, 1.82) is 0 Å². The second kappa shape index (κ2) is 5.08. The van der Waals surface area contributed by atoms with E-state index in [-0.39, 0.29) is 6.61 Å². The maximum Gasteiger partial charge on any atom is 0.395 e. The van der Waals surface area contributed by atoms with E-state index in [1.807, 2.05) is 0 Å². The van der Waals surface area contributed by atoms with Gasteiger partial charge in [-0.1, -0.05) is 19.8 Å². The highest BCUT2D eigenvalue weighted by atomic mass is 19.4. The molecule has 22 heavy (non-hydrogen) atoms. The summed E-state index contributed by atoms with van der Waals surface area (Å²) >= 11 is 0. The van der Waals surface area contributed by atoms with Crippen LogP contribution in [0.15, 0.2) is 16.5 Å². The fourth-order valence-corrected chi connectivity index (χ4v) is 2.96. The van der Waals surface area contributed by atoms with Crippen LogP contribution in [0.3, 0.4) is 0 Å². The van der Waals surface area contributed by atoms with Gasteiger partial charge >= 0.3 is 12.1 Å². The Morgan fingerprint density at radius 1 is 1.36 bits per heavy atom. The van der Waals surface area contributed by atoms with Crippen molar-refractivity contribution in [2.24, 2.45) is 16.7 Å². The highest BCUT2D eigenvalue weighted by molar-refractivity contribution is 5.79. The van der Waals surface area contributed by atoms with E-state index in [2.05, 4.69) is 5.92 Å². The summed E-state index contributed by atoms with van der Waals surface area (Å²) in [5.74, 6) is 1.23. The van der Waals surface area contributed by atoms with Crippen molar-refractivity contribution in [1.82, 2.24) is 0 Å². The molecule has 1 aliphatic rings. The van der Waals surface area contributed by atoms with Crippen molar-refractivity contribution in [2.45, 2.75) is 40.0 Å². The van der Waals surface area contributed by atoms with Crippen LogP contribution in [-0.4, -0.2) is 12.1 Å². The molecule has 0 aliphatic heterocycles. The first-order valence-corrected chi connectivity index (χ1v) is 6.80. The molecule has 6 heteroatoms. The monoisotopic (exact) mass is 314 g/mol. The first-order valence-electron chi connectivity index (χ1n) is 6.80. The van der Waals surface area contributed by atoms with E-state index in [1.165, 1.54) is 13.8 Å². The van der Waals surface area contributed by atoms with Gasteiger partial charge in [-0.2, -0.15) is 13.2 Å². The van der Waals surface area contributed by atoms with Gasteiger partial charge in [-0.25, -0.2) is 0 Å². The van der Waals surface area contributed by atoms with E-state index in [0.29, 0.717) is 17.9 Å². The number of halogens is 3. The molecule has 3 nitrogen and oxygen atoms in total. The average molecular weight is 314 g/mol. The quantitative estimate of drug-likeness (QED) is 0.628. The molecular formula is C16H17F3O3. The highest BCUT2D eigenvalue weighted by Gasteiger charge is 2.83. The molecule has 1 aliphatic carbocycles. The third-order valence-electron chi connectivity index (χ3n) is 4.73. The number of rotatable bonds is 4. The van der Waals surface area contributed by atoms with Crippen LogP contribution in [0.1, 0.15) is 32.3 Å². The smallest absolute Gasteiger partial charge is 0.395 e. The Kier molecular flexibility index (Phi) is 3.80. The van der Waals surface area contributed by atoms with Gasteiger partial charge < -0.3 is 9.15 Å². The summed E-state index contributed by atoms with van der Waals surface area (Å²) in [6.07, 6.45) is 0.986. The lowest BCUT2D eigenvalue weighted by atomic mass is 9.98. The Labute approximate surface area is 126 Å². The lowest BCUT2D eigenvalue weighted by Crippen LogP contribution is -2.28. The summed E-state index contributed by atoms with van der Waals surface area (Å²) in [5, 5.41) is 0. The third kappa shape index (κ3) is 2.39. The fourth-order valence-electron chi connectivity index (χ4n) is 2.96. The molecule has 2 atom stereocenters. The van der Waals surface area contributed by atoms with Gasteiger partial charge in [0.2, 0.25) is 0 Å². The van der Waals surface area contributed by atoms with Gasteiger partial charge in [0.1, 0.15) is 18.1 Å². The van der Waals surface area contributed by atoms with E-state index < -0.39 is 28.9 Å². The van der Waals surface area contributed by atoms with Gasteiger partial charge in [0.25, 0.3) is 0 Å². The van der Waals surface area contributed by atoms with Crippen LogP contribution < -0.4 is 0 Å². The summed E-state index contributed by atoms with van der Waals surface area (Å²) < 4.78 is 49.7. The SMILES string of the molecule is C#CCc1ccc(COC(=O)C2C(C)(C)C2(C)C(F)(F)F)o1. The van der Waals surface area contributed by atoms with Gasteiger partial charge in [0.15, 0.2) is 0 Å². The van der Waals surface area contributed by atoms with Crippen molar-refractivity contribution in [3.05, 3.63) is 23.7 Å². The van der Waals surface area contributed by atoms with Crippen LogP contribution in [0.2, 0.25) is 0 Å². The van der Waals surface area contributed by atoms with E-state index in [0.717, 1.165) is 6.92 Å². The van der Waals surface area contributed by atoms with Crippen molar-refractivity contribution in [2.75, 3.05) is 0 Å². The van der Waals surface area contributed by atoms with E-state index in [4.69, 9.17) is 15.6 Å². The van der Waals surface area contributed by atoms with Crippen molar-refractivity contribution in [3.63, 3.8) is 0 Å². The fraction of sp³-hybridized carbons (Fsp3) is 0.562. The van der Waals surface area contributed by atoms with Crippen LogP contribution in [0.25, 0.3) is 0 Å². The minimum absolute atomic E-state index is 0.204. The second-order valence-electron chi connectivity index (χ2n) is 6.21. The Morgan fingerprint density at radius 2 is 1.95 bits per heavy atom. The molecule has 0 radical (unpaired) electrons. The van der Waals surface area contributed by atoms with Gasteiger partial charge in [0, 0.05) is 0 Å². The van der Waals surface area contributed by atoms with E-state index >= 15 is 0 Å². The Balaban J connectivity index is 2.00. The highest BCUT2D eigenvalue weighted by Crippen LogP contribution is 2.75. The van der Waals surface area contributed by atoms with Gasteiger partial charge in [-0.05, 0) is 24.5 Å². The maximum atomic E-state index is 13.1. The normalized spacial score (nSPS) is 26.3. The predicted molar refractivity (Wildman–Crippen MR) is 72.5 cm³/mol. The number of carbonyl (C=O) groups excluding carboxylic acids is 1. The molecule has 2 unspecified atom stereocenters. The Bertz CT molecular complexity index is 621. The molecule has 1 aromatic heterocycles. The number of esters is 1. The Hall–Kier alpha value is -1.90. The summed E-state index contributed by atoms with van der Waals surface area (Å²) in [5.41, 5.74) is -3.24. The number of ether oxygens (including phenoxy) is 1. The molecule has 120 valence electrons. The topological polar surface area (TPSA) is 39.4 Å². The molecule has 0 amide bonds. The number of hydrogen-bond donors (Lipinski definition) is 0. The largest absolute Gasteiger partial charge is 0.461 e. The van der Waals surface area contributed by atoms with Crippen molar-refractivity contribution in [3.8, 4) is 12.3 Å². The molecule has 0 saturated heterocycles. The average Bonchev–Trinajstić information content (AvgIpc) is 2.74. The molecule has 0 aromatic carbocycles. The van der Waals surface area contributed by atoms with Crippen LogP contribution in [0, 0.1) is 29.1 Å². The number of carbonyl (C=O) groups is 1. The molecule has 2 rings (SSSR count). The summed E-state index contributed by atoms with van der Waals surface area (Å²) in [4.78, 5) is 12.0. The number of furan rings is 1. The predicted octanol–water partition coefficient (Wildman–Crippen LogP) is 3.72. The summed E-state index contributed by atoms with van der Waals surface area (Å²) in [6, 6.07) is 3.23. The lowest BCUT2D eigenvalue weighted by Gasteiger charge is -2.18. The van der Waals surface area contributed by atoms with Gasteiger partial charge in [0.05, 0.1) is 17.8 Å². The zero-order valence-electron chi connectivity index (χ0n) is 12.6. The van der Waals surface area contributed by atoms with Crippen LogP contribution in [-0.2, 0) is 22.6 Å². The molecule has 0 N–H and O–H groups in total. The third-order valence-corrected chi connectivity index (χ3v) is 4.73. The molecule has 1 fully saturated rings. The molecule has 0 spiro atoms. The van der Waals surface area contributed by atoms with Crippen LogP contribution >= 0.6 is 0 Å². The van der Waals surface area contributed by atoms with Crippen molar-refractivity contribution >= 4 is 5.97 Å². The summed E-state index contributed by atoms with van der Waals surface area (Å²) in [7, 11) is 0. The minimum Gasteiger partial charge on any atom is -0.461 e. The van der Waals surface area contributed by atoms with E-state index in [1.54, 1.807) is 12.1 Å². The number of hydrogen-bond acceptors (Lipinski definition) is 3. The number of terminal acetylenes is 1. The lowest BCUT2D eigenvalue weighted by molar-refractivity contribution is -0.197. The Morgan fingerprint density at radius 3 is 2.45 bits per heavy atom. The first kappa shape index (κ1) is 16.5. The van der Waals surface area contributed by atoms with Crippen LogP contribution in [0.5, 0.6) is 0 Å². The standard InChI is InChI=1S/C16H17F3O3/c1-5-6-10-7-8-11(22-10)9-21-13(20)12-14(2,3)15(12,4)16(17,18)19/h1,7-8,12H,6,9H2,2-4H3. The molecule has 1 saturated carbocycles. The van der Waals surface area contributed by atoms with Gasteiger partial charge in [-0.3, -0.25) is 4.79 Å². The second-order valence-corrected chi connectivity index (χ2v) is 6.21. The molecule has 1 aromatic rings. The molecule has 0 bridgehead atoms. The van der Waals surface area contributed by atoms with E-state index in [9.17, 15) is 18.0 Å². The molecular weight excluding hydrogens is 297 g/mol.